The minimum absolute atomic E-state index is 0.0305. The molecule has 184 valence electrons. The summed E-state index contributed by atoms with van der Waals surface area (Å²) in [5.74, 6) is -1.40. The zero-order valence-corrected chi connectivity index (χ0v) is 19.7. The molecule has 0 saturated carbocycles. The van der Waals surface area contributed by atoms with Crippen molar-refractivity contribution in [2.24, 2.45) is 0 Å². The molecule has 0 radical (unpaired) electrons. The number of phenols is 2. The van der Waals surface area contributed by atoms with Crippen LogP contribution in [-0.2, 0) is 16.1 Å². The van der Waals surface area contributed by atoms with Crippen LogP contribution in [0.3, 0.4) is 0 Å². The van der Waals surface area contributed by atoms with Gasteiger partial charge in [-0.2, -0.15) is 0 Å². The van der Waals surface area contributed by atoms with Crippen LogP contribution in [-0.4, -0.2) is 49.1 Å². The average molecular weight is 490 g/mol. The first-order chi connectivity index (χ1) is 17.3. The molecular weight excluding hydrogens is 468 g/mol. The molecule has 9 heteroatoms. The Hall–Kier alpha value is -4.79. The lowest BCUT2D eigenvalue weighted by Gasteiger charge is -2.20. The molecule has 0 aromatic heterocycles. The van der Waals surface area contributed by atoms with Gasteiger partial charge < -0.3 is 29.2 Å². The van der Waals surface area contributed by atoms with Gasteiger partial charge in [0.2, 0.25) is 11.5 Å². The molecule has 3 aromatic rings. The molecule has 0 heterocycles. The molecule has 0 unspecified atom stereocenters. The summed E-state index contributed by atoms with van der Waals surface area (Å²) in [5, 5.41) is 20.5. The number of methoxy groups -OCH3 is 3. The quantitative estimate of drug-likeness (QED) is 0.295. The lowest BCUT2D eigenvalue weighted by molar-refractivity contribution is -0.138. The van der Waals surface area contributed by atoms with E-state index in [9.17, 15) is 24.6 Å². The van der Waals surface area contributed by atoms with Crippen LogP contribution in [0, 0.1) is 0 Å². The smallest absolute Gasteiger partial charge is 0.331 e. The third-order valence-corrected chi connectivity index (χ3v) is 5.64. The molecule has 1 aliphatic carbocycles. The van der Waals surface area contributed by atoms with Crippen molar-refractivity contribution in [2.45, 2.75) is 6.61 Å². The number of carbonyl (C=O) groups is 3. The molecule has 9 nitrogen and oxygen atoms in total. The van der Waals surface area contributed by atoms with Crippen LogP contribution < -0.4 is 14.2 Å². The predicted octanol–water partition coefficient (Wildman–Crippen LogP) is 3.66. The highest BCUT2D eigenvalue weighted by atomic mass is 16.5. The fourth-order valence-electron chi connectivity index (χ4n) is 3.99. The van der Waals surface area contributed by atoms with Gasteiger partial charge in [0.1, 0.15) is 18.1 Å². The predicted molar refractivity (Wildman–Crippen MR) is 128 cm³/mol. The molecule has 3 aromatic carbocycles. The fourth-order valence-corrected chi connectivity index (χ4v) is 3.99. The zero-order chi connectivity index (χ0) is 26.0. The number of phenolic OH excluding ortho intramolecular Hbond substituents is 2. The van der Waals surface area contributed by atoms with Crippen LogP contribution in [0.15, 0.2) is 48.5 Å². The lowest BCUT2D eigenvalue weighted by Crippen LogP contribution is -2.21. The molecule has 36 heavy (non-hydrogen) atoms. The van der Waals surface area contributed by atoms with E-state index in [0.717, 1.165) is 0 Å². The van der Waals surface area contributed by atoms with Gasteiger partial charge in [0.15, 0.2) is 17.3 Å². The summed E-state index contributed by atoms with van der Waals surface area (Å²) >= 11 is 0. The van der Waals surface area contributed by atoms with Gasteiger partial charge in [-0.1, -0.05) is 12.1 Å². The zero-order valence-electron chi connectivity index (χ0n) is 19.7. The lowest BCUT2D eigenvalue weighted by atomic mass is 9.82. The van der Waals surface area contributed by atoms with Crippen LogP contribution in [0.1, 0.15) is 43.0 Å². The van der Waals surface area contributed by atoms with Gasteiger partial charge in [0, 0.05) is 17.2 Å². The SMILES string of the molecule is COc1cc(/C=C/C(=O)OCc2cc(O)c3c(c2)C(=O)c2cccc(O)c2C3=O)cc(OC)c1OC. The van der Waals surface area contributed by atoms with E-state index in [4.69, 9.17) is 18.9 Å². The number of benzene rings is 3. The molecule has 0 amide bonds. The number of carbonyl (C=O) groups excluding carboxylic acids is 3. The Kier molecular flexibility index (Phi) is 6.64. The van der Waals surface area contributed by atoms with Gasteiger partial charge >= 0.3 is 5.97 Å². The van der Waals surface area contributed by atoms with E-state index in [1.807, 2.05) is 0 Å². The number of hydrogen-bond donors (Lipinski definition) is 2. The largest absolute Gasteiger partial charge is 0.507 e. The van der Waals surface area contributed by atoms with Crippen LogP contribution in [0.4, 0.5) is 0 Å². The van der Waals surface area contributed by atoms with Crippen molar-refractivity contribution in [3.8, 4) is 28.7 Å². The highest BCUT2D eigenvalue weighted by Crippen LogP contribution is 2.39. The van der Waals surface area contributed by atoms with Gasteiger partial charge in [-0.25, -0.2) is 4.79 Å². The van der Waals surface area contributed by atoms with Crippen molar-refractivity contribution in [2.75, 3.05) is 21.3 Å². The van der Waals surface area contributed by atoms with Gasteiger partial charge in [-0.3, -0.25) is 9.59 Å². The molecule has 0 saturated heterocycles. The second-order valence-corrected chi connectivity index (χ2v) is 7.80. The second-order valence-electron chi connectivity index (χ2n) is 7.80. The summed E-state index contributed by atoms with van der Waals surface area (Å²) in [6.45, 7) is -0.256. The highest BCUT2D eigenvalue weighted by molar-refractivity contribution is 6.30. The van der Waals surface area contributed by atoms with E-state index in [0.29, 0.717) is 28.4 Å². The first-order valence-corrected chi connectivity index (χ1v) is 10.7. The normalized spacial score (nSPS) is 12.2. The van der Waals surface area contributed by atoms with Crippen molar-refractivity contribution in [1.82, 2.24) is 0 Å². The van der Waals surface area contributed by atoms with Crippen LogP contribution in [0.5, 0.6) is 28.7 Å². The standard InChI is InChI=1S/C27H22O9/c1-33-20-11-14(12-21(34-2)27(20)35-3)7-8-22(30)36-13-15-9-17-24(19(29)10-15)26(32)23-16(25(17)31)5-4-6-18(23)28/h4-12,28-29H,13H2,1-3H3/b8-7+. The second kappa shape index (κ2) is 9.83. The maximum absolute atomic E-state index is 12.9. The summed E-state index contributed by atoms with van der Waals surface area (Å²) in [6.07, 6.45) is 2.70. The molecule has 0 fully saturated rings. The molecule has 0 aliphatic heterocycles. The number of ketones is 2. The minimum atomic E-state index is -0.682. The molecular formula is C27H22O9. The third-order valence-electron chi connectivity index (χ3n) is 5.64. The van der Waals surface area contributed by atoms with Gasteiger partial charge in [-0.05, 0) is 47.5 Å². The number of fused-ring (bicyclic) bond motifs is 2. The van der Waals surface area contributed by atoms with E-state index < -0.39 is 23.3 Å². The molecule has 0 atom stereocenters. The Morgan fingerprint density at radius 2 is 1.50 bits per heavy atom. The maximum Gasteiger partial charge on any atom is 0.331 e. The number of ether oxygens (including phenoxy) is 4. The van der Waals surface area contributed by atoms with Gasteiger partial charge in [-0.15, -0.1) is 0 Å². The van der Waals surface area contributed by atoms with E-state index in [2.05, 4.69) is 0 Å². The van der Waals surface area contributed by atoms with Crippen molar-refractivity contribution >= 4 is 23.6 Å². The Bertz CT molecular complexity index is 1390. The van der Waals surface area contributed by atoms with E-state index >= 15 is 0 Å². The number of rotatable bonds is 7. The Morgan fingerprint density at radius 1 is 0.833 bits per heavy atom. The van der Waals surface area contributed by atoms with Crippen LogP contribution in [0.25, 0.3) is 6.08 Å². The van der Waals surface area contributed by atoms with Crippen LogP contribution in [0.2, 0.25) is 0 Å². The highest BCUT2D eigenvalue weighted by Gasteiger charge is 2.34. The molecule has 1 aliphatic rings. The number of aromatic hydroxyl groups is 2. The van der Waals surface area contributed by atoms with Crippen LogP contribution >= 0.6 is 0 Å². The maximum atomic E-state index is 12.9. The minimum Gasteiger partial charge on any atom is -0.507 e. The first kappa shape index (κ1) is 24.3. The van der Waals surface area contributed by atoms with Crippen molar-refractivity contribution in [3.63, 3.8) is 0 Å². The topological polar surface area (TPSA) is 129 Å². The molecule has 0 bridgehead atoms. The fraction of sp³-hybridized carbons (Fsp3) is 0.148. The van der Waals surface area contributed by atoms with E-state index in [1.54, 1.807) is 12.1 Å². The van der Waals surface area contributed by atoms with Crippen molar-refractivity contribution < 1.29 is 43.5 Å². The molecule has 2 N–H and O–H groups in total. The average Bonchev–Trinajstić information content (AvgIpc) is 2.88. The first-order valence-electron chi connectivity index (χ1n) is 10.7. The van der Waals surface area contributed by atoms with Gasteiger partial charge in [0.25, 0.3) is 0 Å². The van der Waals surface area contributed by atoms with Crippen molar-refractivity contribution in [3.05, 3.63) is 81.9 Å². The summed E-state index contributed by atoms with van der Waals surface area (Å²) < 4.78 is 21.1. The summed E-state index contributed by atoms with van der Waals surface area (Å²) in [7, 11) is 4.44. The summed E-state index contributed by atoms with van der Waals surface area (Å²) in [6, 6.07) is 10.1. The van der Waals surface area contributed by atoms with E-state index in [1.165, 1.54) is 63.8 Å². The number of esters is 1. The van der Waals surface area contributed by atoms with Crippen molar-refractivity contribution in [1.29, 1.82) is 0 Å². The molecule has 4 rings (SSSR count). The van der Waals surface area contributed by atoms with E-state index in [-0.39, 0.29) is 34.6 Å². The summed E-state index contributed by atoms with van der Waals surface area (Å²) in [5.41, 5.74) is 0.559. The number of hydrogen-bond acceptors (Lipinski definition) is 9. The third kappa shape index (κ3) is 4.34. The Labute approximate surface area is 206 Å². The Balaban J connectivity index is 1.52. The van der Waals surface area contributed by atoms with Gasteiger partial charge in [0.05, 0.1) is 32.5 Å². The monoisotopic (exact) mass is 490 g/mol. The molecule has 0 spiro atoms. The summed E-state index contributed by atoms with van der Waals surface area (Å²) in [4.78, 5) is 38.1. The Morgan fingerprint density at radius 3 is 2.14 bits per heavy atom.